The molecule has 5 rings (SSSR count). The molecule has 0 radical (unpaired) electrons. The molecule has 1 aliphatic rings. The number of para-hydroxylation sites is 1. The van der Waals surface area contributed by atoms with Crippen molar-refractivity contribution in [3.8, 4) is 5.75 Å². The molecule has 2 atom stereocenters. The molecular formula is C27H27F2N5O3. The van der Waals surface area contributed by atoms with E-state index in [0.717, 1.165) is 18.6 Å². The van der Waals surface area contributed by atoms with Crippen LogP contribution in [0.3, 0.4) is 0 Å². The molecule has 8 nitrogen and oxygen atoms in total. The van der Waals surface area contributed by atoms with E-state index in [0.29, 0.717) is 35.6 Å². The second kappa shape index (κ2) is 9.78. The maximum absolute atomic E-state index is 14.5. The highest BCUT2D eigenvalue weighted by Crippen LogP contribution is 2.37. The standard InChI is InChI=1S/C27H27F2N5O3/c1-27(37,16-30-26(36)19-5-2-3-7-23(19)35)14-17-15-31-34-12-10-24(32-25(17)34)33-11-4-6-22(33)20-13-18(28)8-9-21(20)29/h2-3,5,7-10,12-13,15,22,35,37H,4,6,11,14,16H2,1H3,(H,30,36). The Bertz CT molecular complexity index is 1460. The van der Waals surface area contributed by atoms with E-state index in [4.69, 9.17) is 4.98 Å². The quantitative estimate of drug-likeness (QED) is 0.352. The number of rotatable bonds is 7. The van der Waals surface area contributed by atoms with E-state index in [1.54, 1.807) is 42.0 Å². The number of aromatic nitrogens is 3. The molecule has 10 heteroatoms. The first-order valence-electron chi connectivity index (χ1n) is 12.1. The van der Waals surface area contributed by atoms with Gasteiger partial charge in [-0.25, -0.2) is 18.3 Å². The van der Waals surface area contributed by atoms with Crippen molar-refractivity contribution < 1.29 is 23.8 Å². The number of benzene rings is 2. The van der Waals surface area contributed by atoms with E-state index in [1.165, 1.54) is 18.2 Å². The summed E-state index contributed by atoms with van der Waals surface area (Å²) in [7, 11) is 0. The first-order valence-corrected chi connectivity index (χ1v) is 12.1. The molecule has 2 aromatic heterocycles. The summed E-state index contributed by atoms with van der Waals surface area (Å²) in [6.07, 6.45) is 4.98. The molecule has 2 aromatic carbocycles. The zero-order chi connectivity index (χ0) is 26.2. The van der Waals surface area contributed by atoms with E-state index >= 15 is 0 Å². The molecule has 2 unspecified atom stereocenters. The lowest BCUT2D eigenvalue weighted by molar-refractivity contribution is 0.0554. The molecule has 4 aromatic rings. The molecule has 3 N–H and O–H groups in total. The Kier molecular flexibility index (Phi) is 6.51. The molecule has 1 fully saturated rings. The Hall–Kier alpha value is -4.05. The van der Waals surface area contributed by atoms with Crippen molar-refractivity contribution in [2.45, 2.75) is 37.8 Å². The monoisotopic (exact) mass is 507 g/mol. The maximum atomic E-state index is 14.5. The predicted octanol–water partition coefficient (Wildman–Crippen LogP) is 3.78. The Balaban J connectivity index is 1.35. The van der Waals surface area contributed by atoms with Crippen LogP contribution in [0.15, 0.2) is 60.9 Å². The zero-order valence-electron chi connectivity index (χ0n) is 20.2. The second-order valence-electron chi connectivity index (χ2n) is 9.61. The summed E-state index contributed by atoms with van der Waals surface area (Å²) in [6.45, 7) is 2.17. The van der Waals surface area contributed by atoms with Crippen LogP contribution in [0, 0.1) is 11.6 Å². The normalized spacial score (nSPS) is 17.2. The van der Waals surface area contributed by atoms with Gasteiger partial charge in [0.15, 0.2) is 5.65 Å². The number of halogens is 2. The van der Waals surface area contributed by atoms with Crippen LogP contribution < -0.4 is 10.2 Å². The van der Waals surface area contributed by atoms with E-state index in [-0.39, 0.29) is 30.3 Å². The lowest BCUT2D eigenvalue weighted by atomic mass is 9.98. The summed E-state index contributed by atoms with van der Waals surface area (Å²) in [6, 6.07) is 11.1. The summed E-state index contributed by atoms with van der Waals surface area (Å²) < 4.78 is 30.0. The minimum absolute atomic E-state index is 0.0652. The fourth-order valence-corrected chi connectivity index (χ4v) is 4.83. The number of hydrogen-bond acceptors (Lipinski definition) is 6. The van der Waals surface area contributed by atoms with Crippen molar-refractivity contribution in [3.05, 3.63) is 89.2 Å². The van der Waals surface area contributed by atoms with Crippen LogP contribution in [0.1, 0.15) is 47.3 Å². The van der Waals surface area contributed by atoms with Gasteiger partial charge in [0.2, 0.25) is 0 Å². The number of nitrogens with zero attached hydrogens (tertiary/aromatic N) is 4. The van der Waals surface area contributed by atoms with E-state index in [2.05, 4.69) is 10.4 Å². The van der Waals surface area contributed by atoms with Crippen LogP contribution in [-0.4, -0.2) is 49.4 Å². The van der Waals surface area contributed by atoms with Crippen LogP contribution >= 0.6 is 0 Å². The lowest BCUT2D eigenvalue weighted by Crippen LogP contribution is -2.42. The number of fused-ring (bicyclic) bond motifs is 1. The van der Waals surface area contributed by atoms with Crippen molar-refractivity contribution in [2.75, 3.05) is 18.0 Å². The van der Waals surface area contributed by atoms with Crippen LogP contribution in [0.4, 0.5) is 14.6 Å². The first-order chi connectivity index (χ1) is 17.7. The third-order valence-corrected chi connectivity index (χ3v) is 6.64. The van der Waals surface area contributed by atoms with Crippen LogP contribution in [-0.2, 0) is 6.42 Å². The number of hydrogen-bond donors (Lipinski definition) is 3. The summed E-state index contributed by atoms with van der Waals surface area (Å²) in [4.78, 5) is 19.2. The SMILES string of the molecule is CC(O)(CNC(=O)c1ccccc1O)Cc1cnn2ccc(N3CCCC3c3cc(F)ccc3F)nc12. The average Bonchev–Trinajstić information content (AvgIpc) is 3.51. The molecule has 1 saturated heterocycles. The van der Waals surface area contributed by atoms with Crippen molar-refractivity contribution in [1.29, 1.82) is 0 Å². The fourth-order valence-electron chi connectivity index (χ4n) is 4.83. The fraction of sp³-hybridized carbons (Fsp3) is 0.296. The van der Waals surface area contributed by atoms with Crippen molar-refractivity contribution >= 4 is 17.4 Å². The van der Waals surface area contributed by atoms with Crippen LogP contribution in [0.2, 0.25) is 0 Å². The van der Waals surface area contributed by atoms with Crippen molar-refractivity contribution in [1.82, 2.24) is 19.9 Å². The third kappa shape index (κ3) is 5.10. The smallest absolute Gasteiger partial charge is 0.255 e. The molecule has 0 aliphatic carbocycles. The highest BCUT2D eigenvalue weighted by molar-refractivity contribution is 5.96. The van der Waals surface area contributed by atoms with E-state index in [1.807, 2.05) is 4.90 Å². The van der Waals surface area contributed by atoms with Gasteiger partial charge in [-0.15, -0.1) is 0 Å². The van der Waals surface area contributed by atoms with Gasteiger partial charge in [0.1, 0.15) is 23.2 Å². The zero-order valence-corrected chi connectivity index (χ0v) is 20.2. The number of amides is 1. The minimum Gasteiger partial charge on any atom is -0.507 e. The highest BCUT2D eigenvalue weighted by atomic mass is 19.1. The van der Waals surface area contributed by atoms with Gasteiger partial charge in [0.05, 0.1) is 23.4 Å². The molecule has 0 saturated carbocycles. The predicted molar refractivity (Wildman–Crippen MR) is 133 cm³/mol. The molecule has 1 aliphatic heterocycles. The summed E-state index contributed by atoms with van der Waals surface area (Å²) in [5.41, 5.74) is 0.278. The largest absolute Gasteiger partial charge is 0.507 e. The van der Waals surface area contributed by atoms with Gasteiger partial charge in [0.25, 0.3) is 5.91 Å². The van der Waals surface area contributed by atoms with Crippen molar-refractivity contribution in [2.24, 2.45) is 0 Å². The summed E-state index contributed by atoms with van der Waals surface area (Å²) >= 11 is 0. The number of carbonyl (C=O) groups is 1. The van der Waals surface area contributed by atoms with Gasteiger partial charge in [0, 0.05) is 36.8 Å². The number of phenolic OH excluding ortho intramolecular Hbond substituents is 1. The number of anilines is 1. The molecule has 0 spiro atoms. The molecule has 37 heavy (non-hydrogen) atoms. The second-order valence-corrected chi connectivity index (χ2v) is 9.61. The van der Waals surface area contributed by atoms with Gasteiger partial charge in [-0.2, -0.15) is 5.10 Å². The lowest BCUT2D eigenvalue weighted by Gasteiger charge is -2.27. The number of aliphatic hydroxyl groups is 1. The third-order valence-electron chi connectivity index (χ3n) is 6.64. The molecule has 1 amide bonds. The number of carbonyl (C=O) groups excluding carboxylic acids is 1. The molecule has 192 valence electrons. The Morgan fingerprint density at radius 2 is 2.03 bits per heavy atom. The average molecular weight is 508 g/mol. The topological polar surface area (TPSA) is 103 Å². The number of phenols is 1. The Morgan fingerprint density at radius 1 is 1.22 bits per heavy atom. The van der Waals surface area contributed by atoms with E-state index < -0.39 is 23.1 Å². The number of nitrogens with one attached hydrogen (secondary N) is 1. The van der Waals surface area contributed by atoms with Crippen LogP contribution in [0.25, 0.3) is 5.65 Å². The minimum atomic E-state index is -1.33. The highest BCUT2D eigenvalue weighted by Gasteiger charge is 2.30. The van der Waals surface area contributed by atoms with Crippen molar-refractivity contribution in [3.63, 3.8) is 0 Å². The van der Waals surface area contributed by atoms with Gasteiger partial charge < -0.3 is 20.4 Å². The Labute approximate surface area is 212 Å². The van der Waals surface area contributed by atoms with Gasteiger partial charge in [-0.1, -0.05) is 12.1 Å². The Morgan fingerprint density at radius 3 is 2.84 bits per heavy atom. The summed E-state index contributed by atoms with van der Waals surface area (Å²) in [5, 5.41) is 27.9. The van der Waals surface area contributed by atoms with Gasteiger partial charge >= 0.3 is 0 Å². The molecular weight excluding hydrogens is 480 g/mol. The number of aromatic hydroxyl groups is 1. The maximum Gasteiger partial charge on any atom is 0.255 e. The first kappa shape index (κ1) is 24.6. The molecule has 0 bridgehead atoms. The molecule has 3 heterocycles. The summed E-state index contributed by atoms with van der Waals surface area (Å²) in [5.74, 6) is -0.971. The van der Waals surface area contributed by atoms with E-state index in [9.17, 15) is 23.8 Å². The van der Waals surface area contributed by atoms with Crippen LogP contribution in [0.5, 0.6) is 5.75 Å². The van der Waals surface area contributed by atoms with Gasteiger partial charge in [-0.3, -0.25) is 4.79 Å². The van der Waals surface area contributed by atoms with Gasteiger partial charge in [-0.05, 0) is 56.2 Å².